The fraction of sp³-hybridized carbons (Fsp3) is 0.417. The molecule has 2 amide bonds. The lowest BCUT2D eigenvalue weighted by Crippen LogP contribution is -2.46. The summed E-state index contributed by atoms with van der Waals surface area (Å²) in [6.07, 6.45) is 4.48. The molecule has 0 N–H and O–H groups in total. The highest BCUT2D eigenvalue weighted by atomic mass is 16.2. The lowest BCUT2D eigenvalue weighted by Gasteiger charge is -2.28. The van der Waals surface area contributed by atoms with Crippen molar-refractivity contribution in [1.29, 1.82) is 0 Å². The van der Waals surface area contributed by atoms with E-state index in [0.717, 1.165) is 30.8 Å². The topological polar surface area (TPSA) is 43.9 Å². The molecular weight excluding hydrogens is 362 g/mol. The largest absolute Gasteiger partial charge is 0.372 e. The Balaban J connectivity index is 1.35. The Labute approximate surface area is 171 Å². The van der Waals surface area contributed by atoms with Gasteiger partial charge in [-0.2, -0.15) is 0 Å². The third kappa shape index (κ3) is 3.39. The van der Waals surface area contributed by atoms with Crippen LogP contribution in [0.15, 0.2) is 48.5 Å². The standard InChI is InChI=1S/C24H27N3O2/c28-23-11-10-22(27(23)17-18-6-2-1-3-7-18)24(29)26-15-12-19-16-20(8-9-21(19)26)25-13-4-5-14-25/h1-3,6-9,16,22H,4-5,10-15,17H2. The lowest BCUT2D eigenvalue weighted by atomic mass is 10.1. The Morgan fingerprint density at radius 3 is 2.55 bits per heavy atom. The van der Waals surface area contributed by atoms with Crippen molar-refractivity contribution in [3.8, 4) is 0 Å². The number of rotatable bonds is 4. The maximum Gasteiger partial charge on any atom is 0.249 e. The molecule has 29 heavy (non-hydrogen) atoms. The number of likely N-dealkylation sites (tertiary alicyclic amines) is 1. The van der Waals surface area contributed by atoms with E-state index >= 15 is 0 Å². The van der Waals surface area contributed by atoms with Crippen molar-refractivity contribution in [2.24, 2.45) is 0 Å². The summed E-state index contributed by atoms with van der Waals surface area (Å²) < 4.78 is 0. The Bertz CT molecular complexity index is 921. The molecule has 0 radical (unpaired) electrons. The van der Waals surface area contributed by atoms with Crippen LogP contribution in [0.5, 0.6) is 0 Å². The highest BCUT2D eigenvalue weighted by Crippen LogP contribution is 2.35. The van der Waals surface area contributed by atoms with Crippen LogP contribution in [0.3, 0.4) is 0 Å². The molecule has 0 bridgehead atoms. The van der Waals surface area contributed by atoms with E-state index < -0.39 is 0 Å². The molecule has 150 valence electrons. The van der Waals surface area contributed by atoms with Gasteiger partial charge >= 0.3 is 0 Å². The Kier molecular flexibility index (Phi) is 4.74. The molecule has 2 aromatic rings. The Morgan fingerprint density at radius 2 is 1.76 bits per heavy atom. The van der Waals surface area contributed by atoms with Gasteiger partial charge in [-0.05, 0) is 55.0 Å². The molecular formula is C24H27N3O2. The van der Waals surface area contributed by atoms with Gasteiger partial charge < -0.3 is 14.7 Å². The van der Waals surface area contributed by atoms with Crippen molar-refractivity contribution < 1.29 is 9.59 Å². The van der Waals surface area contributed by atoms with Crippen LogP contribution in [0.1, 0.15) is 36.8 Å². The predicted octanol–water partition coefficient (Wildman–Crippen LogP) is 3.37. The quantitative estimate of drug-likeness (QED) is 0.805. The van der Waals surface area contributed by atoms with E-state index in [2.05, 4.69) is 23.1 Å². The zero-order chi connectivity index (χ0) is 19.8. The van der Waals surface area contributed by atoms with Crippen molar-refractivity contribution >= 4 is 23.2 Å². The fourth-order valence-electron chi connectivity index (χ4n) is 4.94. The minimum atomic E-state index is -0.355. The summed E-state index contributed by atoms with van der Waals surface area (Å²) in [7, 11) is 0. The number of carbonyl (C=O) groups is 2. The molecule has 2 aromatic carbocycles. The predicted molar refractivity (Wildman–Crippen MR) is 114 cm³/mol. The van der Waals surface area contributed by atoms with Gasteiger partial charge in [-0.1, -0.05) is 30.3 Å². The van der Waals surface area contributed by atoms with E-state index in [0.29, 0.717) is 25.9 Å². The number of hydrogen-bond acceptors (Lipinski definition) is 3. The maximum absolute atomic E-state index is 13.4. The fourth-order valence-corrected chi connectivity index (χ4v) is 4.94. The molecule has 5 nitrogen and oxygen atoms in total. The van der Waals surface area contributed by atoms with E-state index in [1.54, 1.807) is 4.90 Å². The number of amides is 2. The number of fused-ring (bicyclic) bond motifs is 1. The van der Waals surface area contributed by atoms with Crippen LogP contribution in [0.25, 0.3) is 0 Å². The molecule has 0 saturated carbocycles. The normalized spacial score (nSPS) is 21.2. The van der Waals surface area contributed by atoms with Gasteiger partial charge in [0.2, 0.25) is 11.8 Å². The summed E-state index contributed by atoms with van der Waals surface area (Å²) >= 11 is 0. The van der Waals surface area contributed by atoms with Gasteiger partial charge in [-0.15, -0.1) is 0 Å². The zero-order valence-electron chi connectivity index (χ0n) is 16.7. The Morgan fingerprint density at radius 1 is 0.966 bits per heavy atom. The number of anilines is 2. The van der Waals surface area contributed by atoms with Crippen LogP contribution in [-0.4, -0.2) is 42.4 Å². The number of benzene rings is 2. The molecule has 5 heteroatoms. The second kappa shape index (κ2) is 7.54. The van der Waals surface area contributed by atoms with Crippen LogP contribution >= 0.6 is 0 Å². The summed E-state index contributed by atoms with van der Waals surface area (Å²) in [5.41, 5.74) is 4.62. The van der Waals surface area contributed by atoms with Crippen molar-refractivity contribution in [1.82, 2.24) is 4.90 Å². The highest BCUT2D eigenvalue weighted by molar-refractivity contribution is 6.02. The molecule has 5 rings (SSSR count). The van der Waals surface area contributed by atoms with Crippen molar-refractivity contribution in [2.75, 3.05) is 29.4 Å². The van der Waals surface area contributed by atoms with Crippen LogP contribution in [0.2, 0.25) is 0 Å². The molecule has 2 saturated heterocycles. The molecule has 2 fully saturated rings. The first kappa shape index (κ1) is 18.2. The molecule has 1 atom stereocenters. The van der Waals surface area contributed by atoms with E-state index in [9.17, 15) is 9.59 Å². The van der Waals surface area contributed by atoms with E-state index in [4.69, 9.17) is 0 Å². The van der Waals surface area contributed by atoms with Gasteiger partial charge in [-0.3, -0.25) is 9.59 Å². The molecule has 3 aliphatic rings. The van der Waals surface area contributed by atoms with Gasteiger partial charge in [0.05, 0.1) is 0 Å². The minimum Gasteiger partial charge on any atom is -0.372 e. The lowest BCUT2D eigenvalue weighted by molar-refractivity contribution is -0.134. The van der Waals surface area contributed by atoms with Crippen LogP contribution < -0.4 is 9.80 Å². The van der Waals surface area contributed by atoms with E-state index in [-0.39, 0.29) is 17.9 Å². The van der Waals surface area contributed by atoms with Crippen molar-refractivity contribution in [2.45, 2.75) is 44.7 Å². The summed E-state index contributed by atoms with van der Waals surface area (Å²) in [5, 5.41) is 0. The van der Waals surface area contributed by atoms with E-state index in [1.807, 2.05) is 35.2 Å². The monoisotopic (exact) mass is 389 g/mol. The minimum absolute atomic E-state index is 0.0689. The highest BCUT2D eigenvalue weighted by Gasteiger charge is 2.40. The first-order valence-electron chi connectivity index (χ1n) is 10.7. The SMILES string of the molecule is O=C(C1CCC(=O)N1Cc1ccccc1)N1CCc2cc(N3CCCC3)ccc21. The average molecular weight is 389 g/mol. The van der Waals surface area contributed by atoms with Crippen molar-refractivity contribution in [3.05, 3.63) is 59.7 Å². The zero-order valence-corrected chi connectivity index (χ0v) is 16.7. The second-order valence-corrected chi connectivity index (χ2v) is 8.31. The number of nitrogens with zero attached hydrogens (tertiary/aromatic N) is 3. The van der Waals surface area contributed by atoms with E-state index in [1.165, 1.54) is 24.1 Å². The van der Waals surface area contributed by atoms with Gasteiger partial charge in [0, 0.05) is 44.0 Å². The molecule has 0 spiro atoms. The van der Waals surface area contributed by atoms with Gasteiger partial charge in [0.25, 0.3) is 0 Å². The van der Waals surface area contributed by atoms with Crippen LogP contribution in [-0.2, 0) is 22.6 Å². The van der Waals surface area contributed by atoms with Gasteiger partial charge in [0.15, 0.2) is 0 Å². The summed E-state index contributed by atoms with van der Waals surface area (Å²) in [4.78, 5) is 32.0. The third-order valence-corrected chi connectivity index (χ3v) is 6.50. The first-order chi connectivity index (χ1) is 14.2. The Hall–Kier alpha value is -2.82. The third-order valence-electron chi connectivity index (χ3n) is 6.50. The number of carbonyl (C=O) groups excluding carboxylic acids is 2. The molecule has 0 aromatic heterocycles. The molecule has 1 unspecified atom stereocenters. The summed E-state index contributed by atoms with van der Waals surface area (Å²) in [6.45, 7) is 3.46. The maximum atomic E-state index is 13.4. The molecule has 3 heterocycles. The first-order valence-corrected chi connectivity index (χ1v) is 10.7. The second-order valence-electron chi connectivity index (χ2n) is 8.31. The number of hydrogen-bond donors (Lipinski definition) is 0. The molecule has 3 aliphatic heterocycles. The smallest absolute Gasteiger partial charge is 0.249 e. The average Bonchev–Trinajstić information content (AvgIpc) is 3.49. The van der Waals surface area contributed by atoms with Gasteiger partial charge in [-0.25, -0.2) is 0 Å². The summed E-state index contributed by atoms with van der Waals surface area (Å²) in [5.74, 6) is 0.149. The van der Waals surface area contributed by atoms with Crippen molar-refractivity contribution in [3.63, 3.8) is 0 Å². The van der Waals surface area contributed by atoms with Crippen LogP contribution in [0, 0.1) is 0 Å². The van der Waals surface area contributed by atoms with Crippen LogP contribution in [0.4, 0.5) is 11.4 Å². The summed E-state index contributed by atoms with van der Waals surface area (Å²) in [6, 6.07) is 16.1. The van der Waals surface area contributed by atoms with Gasteiger partial charge in [0.1, 0.15) is 6.04 Å². The molecule has 0 aliphatic carbocycles.